The van der Waals surface area contributed by atoms with E-state index in [2.05, 4.69) is 18.8 Å². The summed E-state index contributed by atoms with van der Waals surface area (Å²) in [4.78, 5) is 17.0. The maximum atomic E-state index is 12.4. The minimum Gasteiger partial charge on any atom is -0.269 e. The standard InChI is InChI=1S/C14H18N2O/c1-9(2)12-13(10(3)4)15-11-7-5-6-8-16(11)14(12)17/h5-10H,1-4H3. The molecule has 0 aliphatic rings. The molecule has 2 heterocycles. The minimum absolute atomic E-state index is 0.0642. The molecule has 0 saturated carbocycles. The molecule has 0 radical (unpaired) electrons. The van der Waals surface area contributed by atoms with Gasteiger partial charge in [0.1, 0.15) is 5.65 Å². The van der Waals surface area contributed by atoms with Crippen molar-refractivity contribution < 1.29 is 0 Å². The molecule has 0 aliphatic carbocycles. The first-order valence-corrected chi connectivity index (χ1v) is 6.03. The van der Waals surface area contributed by atoms with Gasteiger partial charge in [-0.1, -0.05) is 33.8 Å². The molecule has 0 fully saturated rings. The van der Waals surface area contributed by atoms with Crippen LogP contribution >= 0.6 is 0 Å². The molecule has 0 saturated heterocycles. The van der Waals surface area contributed by atoms with Gasteiger partial charge in [-0.3, -0.25) is 9.20 Å². The van der Waals surface area contributed by atoms with Gasteiger partial charge in [-0.25, -0.2) is 4.98 Å². The third kappa shape index (κ3) is 1.97. The monoisotopic (exact) mass is 230 g/mol. The van der Waals surface area contributed by atoms with Crippen LogP contribution < -0.4 is 5.56 Å². The first-order chi connectivity index (χ1) is 8.02. The SMILES string of the molecule is CC(C)c1nc2ccccn2c(=O)c1C(C)C. The lowest BCUT2D eigenvalue weighted by Gasteiger charge is -2.15. The van der Waals surface area contributed by atoms with Gasteiger partial charge in [0.05, 0.1) is 5.69 Å². The molecule has 2 rings (SSSR count). The zero-order valence-corrected chi connectivity index (χ0v) is 10.8. The van der Waals surface area contributed by atoms with Crippen LogP contribution in [0.5, 0.6) is 0 Å². The molecule has 2 aromatic heterocycles. The number of hydrogen-bond donors (Lipinski definition) is 0. The van der Waals surface area contributed by atoms with Crippen molar-refractivity contribution in [3.05, 3.63) is 46.0 Å². The normalized spacial score (nSPS) is 11.6. The highest BCUT2D eigenvalue weighted by atomic mass is 16.1. The van der Waals surface area contributed by atoms with Gasteiger partial charge in [0.25, 0.3) is 5.56 Å². The van der Waals surface area contributed by atoms with Gasteiger partial charge in [-0.15, -0.1) is 0 Å². The fourth-order valence-corrected chi connectivity index (χ4v) is 2.10. The molecule has 3 nitrogen and oxygen atoms in total. The lowest BCUT2D eigenvalue weighted by molar-refractivity contribution is 0.735. The summed E-state index contributed by atoms with van der Waals surface area (Å²) in [5.41, 5.74) is 2.56. The summed E-state index contributed by atoms with van der Waals surface area (Å²) in [5, 5.41) is 0. The van der Waals surface area contributed by atoms with Crippen LogP contribution in [0.25, 0.3) is 5.65 Å². The van der Waals surface area contributed by atoms with Crippen molar-refractivity contribution in [1.29, 1.82) is 0 Å². The molecule has 3 heteroatoms. The van der Waals surface area contributed by atoms with Gasteiger partial charge < -0.3 is 0 Å². The Labute approximate surface area is 101 Å². The van der Waals surface area contributed by atoms with Crippen LogP contribution in [0, 0.1) is 0 Å². The van der Waals surface area contributed by atoms with Crippen molar-refractivity contribution in [3.63, 3.8) is 0 Å². The Kier molecular flexibility index (Phi) is 3.01. The Morgan fingerprint density at radius 3 is 2.41 bits per heavy atom. The molecule has 0 aliphatic heterocycles. The third-order valence-corrected chi connectivity index (χ3v) is 2.92. The zero-order chi connectivity index (χ0) is 12.6. The summed E-state index contributed by atoms with van der Waals surface area (Å²) in [6, 6.07) is 5.63. The summed E-state index contributed by atoms with van der Waals surface area (Å²) in [6.07, 6.45) is 1.78. The van der Waals surface area contributed by atoms with Crippen molar-refractivity contribution in [2.75, 3.05) is 0 Å². The fourth-order valence-electron chi connectivity index (χ4n) is 2.10. The Balaban J connectivity index is 2.89. The summed E-state index contributed by atoms with van der Waals surface area (Å²) in [6.45, 7) is 8.24. The molecule has 17 heavy (non-hydrogen) atoms. The Hall–Kier alpha value is -1.64. The van der Waals surface area contributed by atoms with E-state index in [4.69, 9.17) is 0 Å². The molecule has 90 valence electrons. The Morgan fingerprint density at radius 2 is 1.82 bits per heavy atom. The summed E-state index contributed by atoms with van der Waals surface area (Å²) < 4.78 is 1.63. The van der Waals surface area contributed by atoms with E-state index in [-0.39, 0.29) is 17.4 Å². The number of pyridine rings is 1. The van der Waals surface area contributed by atoms with Gasteiger partial charge in [-0.2, -0.15) is 0 Å². The van der Waals surface area contributed by atoms with Crippen LogP contribution in [0.2, 0.25) is 0 Å². The molecule has 0 spiro atoms. The molecule has 0 atom stereocenters. The van der Waals surface area contributed by atoms with Gasteiger partial charge >= 0.3 is 0 Å². The van der Waals surface area contributed by atoms with Crippen LogP contribution in [-0.2, 0) is 0 Å². The highest BCUT2D eigenvalue weighted by molar-refractivity contribution is 5.41. The molecular weight excluding hydrogens is 212 g/mol. The second-order valence-corrected chi connectivity index (χ2v) is 4.95. The smallest absolute Gasteiger partial charge is 0.261 e. The second-order valence-electron chi connectivity index (χ2n) is 4.95. The molecule has 2 aromatic rings. The van der Waals surface area contributed by atoms with E-state index >= 15 is 0 Å². The van der Waals surface area contributed by atoms with Crippen molar-refractivity contribution >= 4 is 5.65 Å². The highest BCUT2D eigenvalue weighted by Gasteiger charge is 2.17. The highest BCUT2D eigenvalue weighted by Crippen LogP contribution is 2.21. The lowest BCUT2D eigenvalue weighted by Crippen LogP contribution is -2.23. The fraction of sp³-hybridized carbons (Fsp3) is 0.429. The lowest BCUT2D eigenvalue weighted by atomic mass is 9.96. The van der Waals surface area contributed by atoms with E-state index in [0.29, 0.717) is 0 Å². The quantitative estimate of drug-likeness (QED) is 0.795. The van der Waals surface area contributed by atoms with Crippen LogP contribution in [0.15, 0.2) is 29.2 Å². The summed E-state index contributed by atoms with van der Waals surface area (Å²) in [5.74, 6) is 0.467. The first-order valence-electron chi connectivity index (χ1n) is 6.03. The van der Waals surface area contributed by atoms with Crippen LogP contribution in [0.1, 0.15) is 50.8 Å². The molecule has 0 N–H and O–H groups in total. The van der Waals surface area contributed by atoms with Crippen LogP contribution in [0.3, 0.4) is 0 Å². The summed E-state index contributed by atoms with van der Waals surface area (Å²) >= 11 is 0. The third-order valence-electron chi connectivity index (χ3n) is 2.92. The van der Waals surface area contributed by atoms with E-state index in [1.165, 1.54) is 0 Å². The van der Waals surface area contributed by atoms with Crippen LogP contribution in [0.4, 0.5) is 0 Å². The van der Waals surface area contributed by atoms with Crippen LogP contribution in [-0.4, -0.2) is 9.38 Å². The van der Waals surface area contributed by atoms with Gasteiger partial charge in [0, 0.05) is 11.8 Å². The average Bonchev–Trinajstić information content (AvgIpc) is 2.28. The Morgan fingerprint density at radius 1 is 1.12 bits per heavy atom. The van der Waals surface area contributed by atoms with E-state index in [1.807, 2.05) is 32.0 Å². The van der Waals surface area contributed by atoms with E-state index in [0.717, 1.165) is 16.9 Å². The predicted octanol–water partition coefficient (Wildman–Crippen LogP) is 2.94. The summed E-state index contributed by atoms with van der Waals surface area (Å²) in [7, 11) is 0. The average molecular weight is 230 g/mol. The van der Waals surface area contributed by atoms with Crippen molar-refractivity contribution in [3.8, 4) is 0 Å². The molecule has 0 aromatic carbocycles. The van der Waals surface area contributed by atoms with E-state index < -0.39 is 0 Å². The van der Waals surface area contributed by atoms with Gasteiger partial charge in [-0.05, 0) is 24.0 Å². The maximum Gasteiger partial charge on any atom is 0.261 e. The predicted molar refractivity (Wildman–Crippen MR) is 69.6 cm³/mol. The van der Waals surface area contributed by atoms with Crippen molar-refractivity contribution in [2.24, 2.45) is 0 Å². The van der Waals surface area contributed by atoms with E-state index in [1.54, 1.807) is 10.6 Å². The van der Waals surface area contributed by atoms with E-state index in [9.17, 15) is 4.79 Å². The molecule has 0 amide bonds. The largest absolute Gasteiger partial charge is 0.269 e. The number of nitrogens with zero attached hydrogens (tertiary/aromatic N) is 2. The van der Waals surface area contributed by atoms with Crippen molar-refractivity contribution in [1.82, 2.24) is 9.38 Å². The first kappa shape index (κ1) is 11.8. The number of hydrogen-bond acceptors (Lipinski definition) is 2. The number of rotatable bonds is 2. The maximum absolute atomic E-state index is 12.4. The van der Waals surface area contributed by atoms with Crippen molar-refractivity contribution in [2.45, 2.75) is 39.5 Å². The second kappa shape index (κ2) is 4.32. The molecule has 0 unspecified atom stereocenters. The topological polar surface area (TPSA) is 34.4 Å². The minimum atomic E-state index is 0.0642. The number of aromatic nitrogens is 2. The Bertz CT molecular complexity index is 597. The molecule has 0 bridgehead atoms. The van der Waals surface area contributed by atoms with Gasteiger partial charge in [0.15, 0.2) is 0 Å². The zero-order valence-electron chi connectivity index (χ0n) is 10.8. The molecular formula is C14H18N2O. The van der Waals surface area contributed by atoms with Gasteiger partial charge in [0.2, 0.25) is 0 Å². The number of fused-ring (bicyclic) bond motifs is 1.